The molecule has 6 aromatic rings. The summed E-state index contributed by atoms with van der Waals surface area (Å²) in [7, 11) is 11.7. The molecule has 6 aromatic carbocycles. The number of hydrogen-bond acceptors (Lipinski definition) is 0. The van der Waals surface area contributed by atoms with Crippen LogP contribution in [-0.4, -0.2) is 6.16 Å². The van der Waals surface area contributed by atoms with Crippen LogP contribution >= 0.6 is 17.0 Å². The van der Waals surface area contributed by atoms with Crippen LogP contribution in [0, 0.1) is 19.8 Å². The van der Waals surface area contributed by atoms with Crippen molar-refractivity contribution in [3.8, 4) is 22.3 Å². The second-order valence-electron chi connectivity index (χ2n) is 16.5. The Labute approximate surface area is 324 Å². The number of halogens is 2. The zero-order chi connectivity index (χ0) is 36.8. The summed E-state index contributed by atoms with van der Waals surface area (Å²) in [6.07, 6.45) is 8.17. The molecule has 0 nitrogen and oxygen atoms in total. The summed E-state index contributed by atoms with van der Waals surface area (Å²) in [5.41, 5.74) is 11.1. The van der Waals surface area contributed by atoms with Gasteiger partial charge in [0.1, 0.15) is 0 Å². The van der Waals surface area contributed by atoms with E-state index < -0.39 is 18.0 Å². The van der Waals surface area contributed by atoms with Crippen molar-refractivity contribution in [3.63, 3.8) is 0 Å². The molecule has 51 heavy (non-hydrogen) atoms. The minimum absolute atomic E-state index is 0.210. The molecule has 1 saturated carbocycles. The average molecular weight is 810 g/mol. The summed E-state index contributed by atoms with van der Waals surface area (Å²) in [5, 5.41) is 5.38. The first-order valence-electron chi connectivity index (χ1n) is 18.6. The number of aryl methyl sites for hydroxylation is 2. The number of fused-ring (bicyclic) bond motifs is 2. The van der Waals surface area contributed by atoms with Crippen LogP contribution in [0.25, 0.3) is 43.8 Å². The van der Waals surface area contributed by atoms with Gasteiger partial charge in [-0.2, -0.15) is 12.1 Å². The molecule has 0 saturated heterocycles. The predicted molar refractivity (Wildman–Crippen MR) is 226 cm³/mol. The van der Waals surface area contributed by atoms with Crippen LogP contribution in [0.4, 0.5) is 0 Å². The van der Waals surface area contributed by atoms with Crippen molar-refractivity contribution >= 4 is 44.7 Å². The average Bonchev–Trinajstić information content (AvgIpc) is 3.68. The van der Waals surface area contributed by atoms with Crippen LogP contribution in [-0.2, 0) is 28.8 Å². The van der Waals surface area contributed by atoms with Crippen LogP contribution in [0.2, 0.25) is 6.04 Å². The van der Waals surface area contributed by atoms with Gasteiger partial charge in [-0.05, 0) is 33.1 Å². The quantitative estimate of drug-likeness (QED) is 0.123. The molecular weight excluding hydrogens is 755 g/mol. The molecule has 267 valence electrons. The van der Waals surface area contributed by atoms with E-state index in [0.29, 0.717) is 0 Å². The van der Waals surface area contributed by atoms with Crippen molar-refractivity contribution in [2.75, 3.05) is 0 Å². The van der Waals surface area contributed by atoms with Gasteiger partial charge in [0.05, 0.1) is 0 Å². The van der Waals surface area contributed by atoms with Gasteiger partial charge in [-0.1, -0.05) is 127 Å². The van der Waals surface area contributed by atoms with Gasteiger partial charge in [-0.25, -0.2) is 0 Å². The molecular formula is C47H55Cl2SiZr-2. The maximum atomic E-state index is 5.87. The molecule has 0 heterocycles. The molecule has 1 radical (unpaired) electrons. The predicted octanol–water partition coefficient (Wildman–Crippen LogP) is 15.2. The van der Waals surface area contributed by atoms with Crippen molar-refractivity contribution < 1.29 is 18.0 Å². The van der Waals surface area contributed by atoms with E-state index in [4.69, 9.17) is 17.0 Å². The Morgan fingerprint density at radius 1 is 0.608 bits per heavy atom. The minimum atomic E-state index is -1.75. The van der Waals surface area contributed by atoms with E-state index in [-0.39, 0.29) is 10.8 Å². The zero-order valence-electron chi connectivity index (χ0n) is 32.0. The van der Waals surface area contributed by atoms with E-state index in [9.17, 15) is 0 Å². The summed E-state index contributed by atoms with van der Waals surface area (Å²) in [4.78, 5) is 0. The Bertz CT molecular complexity index is 1900. The molecule has 1 fully saturated rings. The summed E-state index contributed by atoms with van der Waals surface area (Å²) >= 11 is -1.75. The monoisotopic (exact) mass is 807 g/mol. The molecule has 0 N–H and O–H groups in total. The molecule has 0 spiro atoms. The zero-order valence-corrected chi connectivity index (χ0v) is 36.9. The van der Waals surface area contributed by atoms with Crippen molar-refractivity contribution in [2.24, 2.45) is 5.92 Å². The molecule has 0 bridgehead atoms. The Morgan fingerprint density at radius 3 is 1.39 bits per heavy atom. The Kier molecular flexibility index (Phi) is 13.9. The van der Waals surface area contributed by atoms with Crippen molar-refractivity contribution in [2.45, 2.75) is 104 Å². The summed E-state index contributed by atoms with van der Waals surface area (Å²) in [6, 6.07) is 41.5. The normalized spacial score (nSPS) is 13.7. The molecule has 0 amide bonds. The van der Waals surface area contributed by atoms with E-state index in [1.165, 1.54) is 104 Å². The van der Waals surface area contributed by atoms with E-state index >= 15 is 0 Å². The first kappa shape index (κ1) is 40.0. The van der Waals surface area contributed by atoms with Crippen LogP contribution in [0.15, 0.2) is 109 Å². The standard InChI is InChI=1S/2C20H21.C7H13Si.2ClH.Zr/c2*1-14-12-16-6-5-7-18(19(16)13-14)15-8-10-17(11-9-15)20(2,3)4;8-6-7-4-2-1-3-5-7;;;/h2*5-13H,1-4H3;7H,1-6H2;2*1H;/q2*-1;;;;+2/p-2. The molecule has 0 atom stereocenters. The Hall–Kier alpha value is -2.22. The number of benzene rings is 4. The molecule has 0 aliphatic heterocycles. The van der Waals surface area contributed by atoms with Crippen LogP contribution in [0.1, 0.15) is 95.9 Å². The van der Waals surface area contributed by atoms with Gasteiger partial charge in [0.15, 0.2) is 0 Å². The van der Waals surface area contributed by atoms with Gasteiger partial charge < -0.3 is 0 Å². The molecule has 1 aliphatic rings. The van der Waals surface area contributed by atoms with Crippen LogP contribution < -0.4 is 0 Å². The van der Waals surface area contributed by atoms with E-state index in [0.717, 1.165) is 12.1 Å². The third-order valence-electron chi connectivity index (χ3n) is 10.2. The summed E-state index contributed by atoms with van der Waals surface area (Å²) in [6.45, 7) is 17.8. The van der Waals surface area contributed by atoms with E-state index in [1.807, 2.05) is 0 Å². The second kappa shape index (κ2) is 17.7. The topological polar surface area (TPSA) is 0 Å². The van der Waals surface area contributed by atoms with Gasteiger partial charge in [-0.3, -0.25) is 0 Å². The fourth-order valence-corrected chi connectivity index (χ4v) is 14.0. The fourth-order valence-electron chi connectivity index (χ4n) is 7.19. The summed E-state index contributed by atoms with van der Waals surface area (Å²) < 4.78 is 0. The number of hydrogen-bond donors (Lipinski definition) is 0. The molecule has 4 heteroatoms. The maximum absolute atomic E-state index is 5.87. The first-order chi connectivity index (χ1) is 24.2. The Balaban J connectivity index is 0.000000155. The third kappa shape index (κ3) is 11.1. The SMILES string of the molecule is Cc1cc2c(-c3ccc(C(C)(C)C)cc3)cccc2[cH-]1.Cc1cc2c(-c3ccc(C(C)(C)C)cc3)cccc2[cH-]1.[Cl][Zr]([Cl])=[Si]CC1CCCCC1. The summed E-state index contributed by atoms with van der Waals surface area (Å²) in [5.74, 6) is 0.982. The van der Waals surface area contributed by atoms with E-state index in [2.05, 4.69) is 165 Å². The number of rotatable bonds is 4. The van der Waals surface area contributed by atoms with Crippen molar-refractivity contribution in [1.29, 1.82) is 0 Å². The third-order valence-corrected chi connectivity index (χ3v) is 19.4. The second-order valence-corrected chi connectivity index (χ2v) is 33.5. The van der Waals surface area contributed by atoms with Gasteiger partial charge in [0, 0.05) is 0 Å². The van der Waals surface area contributed by atoms with Crippen molar-refractivity contribution in [1.82, 2.24) is 0 Å². The van der Waals surface area contributed by atoms with Crippen LogP contribution in [0.3, 0.4) is 0 Å². The van der Waals surface area contributed by atoms with Gasteiger partial charge in [0.2, 0.25) is 0 Å². The van der Waals surface area contributed by atoms with Crippen molar-refractivity contribution in [3.05, 3.63) is 131 Å². The molecule has 0 unspecified atom stereocenters. The molecule has 0 aromatic heterocycles. The van der Waals surface area contributed by atoms with Crippen LogP contribution in [0.5, 0.6) is 0 Å². The first-order valence-corrected chi connectivity index (χ1v) is 29.9. The molecule has 1 aliphatic carbocycles. The van der Waals surface area contributed by atoms with Gasteiger partial charge >= 0.3 is 85.2 Å². The van der Waals surface area contributed by atoms with E-state index in [1.54, 1.807) is 0 Å². The fraction of sp³-hybridized carbons (Fsp3) is 0.362. The Morgan fingerprint density at radius 2 is 1.02 bits per heavy atom. The molecule has 7 rings (SSSR count). The van der Waals surface area contributed by atoms with Gasteiger partial charge in [-0.15, -0.1) is 69.1 Å². The van der Waals surface area contributed by atoms with Gasteiger partial charge in [0.25, 0.3) is 0 Å².